The molecule has 1 saturated carbocycles. The lowest BCUT2D eigenvalue weighted by Crippen LogP contribution is -2.45. The molecule has 0 saturated heterocycles. The summed E-state index contributed by atoms with van der Waals surface area (Å²) in [4.78, 5) is 12.5. The van der Waals surface area contributed by atoms with E-state index in [1.54, 1.807) is 24.3 Å². The number of amides is 1. The van der Waals surface area contributed by atoms with Crippen molar-refractivity contribution >= 4 is 17.4 Å². The van der Waals surface area contributed by atoms with Gasteiger partial charge in [0, 0.05) is 5.69 Å². The molecule has 1 amide bonds. The van der Waals surface area contributed by atoms with Crippen molar-refractivity contribution < 1.29 is 15.1 Å². The normalized spacial score (nSPS) is 17.9. The van der Waals surface area contributed by atoms with Crippen molar-refractivity contribution in [2.45, 2.75) is 32.3 Å². The molecular weight excluding hydrogens is 258 g/mol. The molecule has 1 fully saturated rings. The lowest BCUT2D eigenvalue weighted by molar-refractivity contribution is -0.122. The summed E-state index contributed by atoms with van der Waals surface area (Å²) in [5, 5.41) is 23.7. The number of hydrogen-bond acceptors (Lipinski definition) is 4. The Morgan fingerprint density at radius 3 is 2.40 bits per heavy atom. The summed E-state index contributed by atoms with van der Waals surface area (Å²) < 4.78 is 0. The van der Waals surface area contributed by atoms with Gasteiger partial charge in [-0.05, 0) is 30.5 Å². The molecule has 0 aromatic heterocycles. The van der Waals surface area contributed by atoms with Gasteiger partial charge in [-0.2, -0.15) is 0 Å². The highest BCUT2D eigenvalue weighted by atomic mass is 16.4. The van der Waals surface area contributed by atoms with Crippen molar-refractivity contribution in [3.8, 4) is 0 Å². The maximum Gasteiger partial charge on any atom is 0.238 e. The van der Waals surface area contributed by atoms with Gasteiger partial charge in [0.05, 0.1) is 6.61 Å². The SMILES string of the molecule is N/C(=N/O)C1(C(=O)Nc2ccc(CO)cc2)CCCC1. The third kappa shape index (κ3) is 2.60. The molecule has 6 nitrogen and oxygen atoms in total. The Kier molecular flexibility index (Phi) is 4.24. The van der Waals surface area contributed by atoms with Crippen molar-refractivity contribution in [1.82, 2.24) is 0 Å². The quantitative estimate of drug-likeness (QED) is 0.289. The minimum atomic E-state index is -0.912. The fraction of sp³-hybridized carbons (Fsp3) is 0.429. The first-order valence-electron chi connectivity index (χ1n) is 6.61. The average Bonchev–Trinajstić information content (AvgIpc) is 2.98. The molecule has 0 unspecified atom stereocenters. The van der Waals surface area contributed by atoms with Crippen LogP contribution in [0.5, 0.6) is 0 Å². The molecule has 0 bridgehead atoms. The first kappa shape index (κ1) is 14.3. The first-order chi connectivity index (χ1) is 9.62. The van der Waals surface area contributed by atoms with Crippen LogP contribution in [-0.4, -0.2) is 22.1 Å². The molecule has 1 aliphatic carbocycles. The maximum atomic E-state index is 12.5. The molecular formula is C14H19N3O3. The molecule has 0 spiro atoms. The maximum absolute atomic E-state index is 12.5. The Balaban J connectivity index is 2.16. The van der Waals surface area contributed by atoms with E-state index in [1.165, 1.54) is 0 Å². The van der Waals surface area contributed by atoms with Crippen molar-refractivity contribution in [2.24, 2.45) is 16.3 Å². The summed E-state index contributed by atoms with van der Waals surface area (Å²) in [5.74, 6) is -0.276. The van der Waals surface area contributed by atoms with Gasteiger partial charge in [0.1, 0.15) is 5.41 Å². The number of nitrogens with one attached hydrogen (secondary N) is 1. The molecule has 20 heavy (non-hydrogen) atoms. The van der Waals surface area contributed by atoms with Gasteiger partial charge in [0.25, 0.3) is 0 Å². The van der Waals surface area contributed by atoms with Crippen LogP contribution in [0.15, 0.2) is 29.4 Å². The summed E-state index contributed by atoms with van der Waals surface area (Å²) in [5.41, 5.74) is 6.21. The molecule has 5 N–H and O–H groups in total. The molecule has 1 aromatic rings. The van der Waals surface area contributed by atoms with Crippen molar-refractivity contribution in [3.05, 3.63) is 29.8 Å². The number of nitrogens with two attached hydrogens (primary N) is 1. The zero-order chi connectivity index (χ0) is 14.6. The molecule has 1 aromatic carbocycles. The average molecular weight is 277 g/mol. The molecule has 0 radical (unpaired) electrons. The Hall–Kier alpha value is -2.08. The Morgan fingerprint density at radius 2 is 1.90 bits per heavy atom. The first-order valence-corrected chi connectivity index (χ1v) is 6.61. The minimum Gasteiger partial charge on any atom is -0.409 e. The van der Waals surface area contributed by atoms with Crippen LogP contribution in [0.25, 0.3) is 0 Å². The molecule has 0 atom stereocenters. The predicted octanol–water partition coefficient (Wildman–Crippen LogP) is 1.42. The highest BCUT2D eigenvalue weighted by molar-refractivity contribution is 6.12. The number of hydrogen-bond donors (Lipinski definition) is 4. The van der Waals surface area contributed by atoms with Crippen LogP contribution >= 0.6 is 0 Å². The lowest BCUT2D eigenvalue weighted by Gasteiger charge is -2.26. The third-order valence-corrected chi connectivity index (χ3v) is 3.88. The Morgan fingerprint density at radius 1 is 1.30 bits per heavy atom. The Labute approximate surface area is 117 Å². The number of rotatable bonds is 4. The number of oxime groups is 1. The van der Waals surface area contributed by atoms with E-state index in [1.807, 2.05) is 0 Å². The van der Waals surface area contributed by atoms with Crippen molar-refractivity contribution in [1.29, 1.82) is 0 Å². The highest BCUT2D eigenvalue weighted by Gasteiger charge is 2.45. The fourth-order valence-electron chi connectivity index (χ4n) is 2.62. The zero-order valence-corrected chi connectivity index (χ0v) is 11.2. The largest absolute Gasteiger partial charge is 0.409 e. The summed E-state index contributed by atoms with van der Waals surface area (Å²) >= 11 is 0. The van der Waals surface area contributed by atoms with Crippen LogP contribution < -0.4 is 11.1 Å². The van der Waals surface area contributed by atoms with Gasteiger partial charge in [-0.1, -0.05) is 30.1 Å². The number of carbonyl (C=O) groups excluding carboxylic acids is 1. The molecule has 2 rings (SSSR count). The van der Waals surface area contributed by atoms with Crippen LogP contribution in [0.4, 0.5) is 5.69 Å². The van der Waals surface area contributed by atoms with Crippen LogP contribution in [0.1, 0.15) is 31.2 Å². The van der Waals surface area contributed by atoms with E-state index in [0.29, 0.717) is 18.5 Å². The summed E-state index contributed by atoms with van der Waals surface area (Å²) in [6, 6.07) is 6.91. The van der Waals surface area contributed by atoms with E-state index in [-0.39, 0.29) is 18.3 Å². The topological polar surface area (TPSA) is 108 Å². The van der Waals surface area contributed by atoms with Gasteiger partial charge < -0.3 is 21.4 Å². The predicted molar refractivity (Wildman–Crippen MR) is 75.3 cm³/mol. The standard InChI is InChI=1S/C14H19N3O3/c15-12(17-20)14(7-1-2-8-14)13(19)16-11-5-3-10(9-18)4-6-11/h3-6,18,20H,1-2,7-9H2,(H2,15,17)(H,16,19). The number of carbonyl (C=O) groups is 1. The van der Waals surface area contributed by atoms with Gasteiger partial charge in [-0.15, -0.1) is 0 Å². The molecule has 0 aliphatic heterocycles. The van der Waals surface area contributed by atoms with Crippen LogP contribution in [0.2, 0.25) is 0 Å². The van der Waals surface area contributed by atoms with Crippen LogP contribution in [0, 0.1) is 5.41 Å². The van der Waals surface area contributed by atoms with E-state index in [2.05, 4.69) is 10.5 Å². The number of aliphatic hydroxyl groups excluding tert-OH is 1. The molecule has 108 valence electrons. The summed E-state index contributed by atoms with van der Waals surface area (Å²) in [7, 11) is 0. The van der Waals surface area contributed by atoms with Crippen molar-refractivity contribution in [3.63, 3.8) is 0 Å². The Bertz CT molecular complexity index is 505. The van der Waals surface area contributed by atoms with Crippen LogP contribution in [-0.2, 0) is 11.4 Å². The smallest absolute Gasteiger partial charge is 0.238 e. The van der Waals surface area contributed by atoms with Gasteiger partial charge in [0.2, 0.25) is 5.91 Å². The zero-order valence-electron chi connectivity index (χ0n) is 11.2. The number of amidine groups is 1. The molecule has 6 heteroatoms. The molecule has 1 aliphatic rings. The van der Waals surface area contributed by atoms with E-state index < -0.39 is 5.41 Å². The van der Waals surface area contributed by atoms with Gasteiger partial charge in [-0.25, -0.2) is 0 Å². The summed E-state index contributed by atoms with van der Waals surface area (Å²) in [6.45, 7) is -0.0394. The number of nitrogens with zero attached hydrogens (tertiary/aromatic N) is 1. The van der Waals surface area contributed by atoms with Gasteiger partial charge in [-0.3, -0.25) is 4.79 Å². The second-order valence-electron chi connectivity index (χ2n) is 5.08. The van der Waals surface area contributed by atoms with Crippen LogP contribution in [0.3, 0.4) is 0 Å². The monoisotopic (exact) mass is 277 g/mol. The van der Waals surface area contributed by atoms with E-state index >= 15 is 0 Å². The molecule has 0 heterocycles. The second kappa shape index (κ2) is 5.92. The second-order valence-corrected chi connectivity index (χ2v) is 5.08. The summed E-state index contributed by atoms with van der Waals surface area (Å²) in [6.07, 6.45) is 2.94. The van der Waals surface area contributed by atoms with E-state index in [4.69, 9.17) is 16.0 Å². The van der Waals surface area contributed by atoms with Crippen molar-refractivity contribution in [2.75, 3.05) is 5.32 Å². The fourth-order valence-corrected chi connectivity index (χ4v) is 2.62. The lowest BCUT2D eigenvalue weighted by atomic mass is 9.83. The number of aliphatic hydroxyl groups is 1. The third-order valence-electron chi connectivity index (χ3n) is 3.88. The number of anilines is 1. The van der Waals surface area contributed by atoms with E-state index in [9.17, 15) is 4.79 Å². The van der Waals surface area contributed by atoms with E-state index in [0.717, 1.165) is 18.4 Å². The highest BCUT2D eigenvalue weighted by Crippen LogP contribution is 2.39. The number of benzene rings is 1. The van der Waals surface area contributed by atoms with Gasteiger partial charge in [0.15, 0.2) is 5.84 Å². The van der Waals surface area contributed by atoms with Gasteiger partial charge >= 0.3 is 0 Å². The minimum absolute atomic E-state index is 0.0283.